The average molecular weight is 237 g/mol. The number of nitrogens with zero attached hydrogens (tertiary/aromatic N) is 1. The van der Waals surface area contributed by atoms with Crippen LogP contribution >= 0.6 is 0 Å². The minimum atomic E-state index is -0.832. The minimum absolute atomic E-state index is 0.461. The standard InChI is InChI=1S/C13H19NO3/c1-3-11(13(15)16)7-8-14(4-2)10-12-6-5-9-17-12/h5-7,9H,3-4,8,10H2,1-2H3,(H,15,16). The lowest BCUT2D eigenvalue weighted by molar-refractivity contribution is -0.132. The van der Waals surface area contributed by atoms with Crippen LogP contribution in [0.2, 0.25) is 0 Å². The van der Waals surface area contributed by atoms with E-state index in [2.05, 4.69) is 4.90 Å². The normalized spacial score (nSPS) is 12.1. The molecule has 0 bridgehead atoms. The molecule has 0 aliphatic carbocycles. The Morgan fingerprint density at radius 2 is 2.29 bits per heavy atom. The molecule has 4 heteroatoms. The molecule has 0 radical (unpaired) electrons. The molecule has 17 heavy (non-hydrogen) atoms. The monoisotopic (exact) mass is 237 g/mol. The van der Waals surface area contributed by atoms with Crippen molar-refractivity contribution in [2.24, 2.45) is 0 Å². The van der Waals surface area contributed by atoms with Crippen molar-refractivity contribution in [2.45, 2.75) is 26.8 Å². The Bertz CT molecular complexity index is 368. The Morgan fingerprint density at radius 1 is 1.53 bits per heavy atom. The summed E-state index contributed by atoms with van der Waals surface area (Å²) in [7, 11) is 0. The number of rotatable bonds is 7. The first-order valence-electron chi connectivity index (χ1n) is 5.84. The maximum Gasteiger partial charge on any atom is 0.331 e. The first-order chi connectivity index (χ1) is 8.17. The first-order valence-corrected chi connectivity index (χ1v) is 5.84. The predicted octanol–water partition coefficient (Wildman–Crippen LogP) is 2.52. The highest BCUT2D eigenvalue weighted by atomic mass is 16.4. The lowest BCUT2D eigenvalue weighted by atomic mass is 10.2. The van der Waals surface area contributed by atoms with Crippen molar-refractivity contribution < 1.29 is 14.3 Å². The van der Waals surface area contributed by atoms with E-state index in [9.17, 15) is 4.79 Å². The smallest absolute Gasteiger partial charge is 0.331 e. The van der Waals surface area contributed by atoms with Crippen molar-refractivity contribution in [1.29, 1.82) is 0 Å². The number of carbonyl (C=O) groups is 1. The first kappa shape index (κ1) is 13.5. The third-order valence-corrected chi connectivity index (χ3v) is 2.66. The second-order valence-electron chi connectivity index (χ2n) is 3.80. The van der Waals surface area contributed by atoms with Gasteiger partial charge in [-0.3, -0.25) is 4.90 Å². The van der Waals surface area contributed by atoms with Gasteiger partial charge in [0.2, 0.25) is 0 Å². The molecule has 1 N–H and O–H groups in total. The second-order valence-corrected chi connectivity index (χ2v) is 3.80. The molecule has 0 saturated heterocycles. The van der Waals surface area contributed by atoms with Gasteiger partial charge in [-0.2, -0.15) is 0 Å². The molecule has 4 nitrogen and oxygen atoms in total. The lowest BCUT2D eigenvalue weighted by Crippen LogP contribution is -2.23. The Hall–Kier alpha value is -1.55. The van der Waals surface area contributed by atoms with Gasteiger partial charge in [0.15, 0.2) is 0 Å². The summed E-state index contributed by atoms with van der Waals surface area (Å²) in [4.78, 5) is 13.0. The molecule has 0 saturated carbocycles. The summed E-state index contributed by atoms with van der Waals surface area (Å²) in [6.07, 6.45) is 3.97. The van der Waals surface area contributed by atoms with Gasteiger partial charge in [-0.05, 0) is 25.1 Å². The van der Waals surface area contributed by atoms with E-state index in [0.717, 1.165) is 12.3 Å². The fraction of sp³-hybridized carbons (Fsp3) is 0.462. The van der Waals surface area contributed by atoms with Crippen LogP contribution in [0.15, 0.2) is 34.5 Å². The van der Waals surface area contributed by atoms with Gasteiger partial charge in [0, 0.05) is 12.1 Å². The molecule has 0 amide bonds. The van der Waals surface area contributed by atoms with E-state index in [-0.39, 0.29) is 0 Å². The van der Waals surface area contributed by atoms with Crippen LogP contribution in [0.4, 0.5) is 0 Å². The van der Waals surface area contributed by atoms with E-state index >= 15 is 0 Å². The Kier molecular flexibility index (Phi) is 5.49. The quantitative estimate of drug-likeness (QED) is 0.740. The fourth-order valence-electron chi connectivity index (χ4n) is 1.55. The lowest BCUT2D eigenvalue weighted by Gasteiger charge is -2.17. The van der Waals surface area contributed by atoms with Gasteiger partial charge in [0.05, 0.1) is 12.8 Å². The molecular weight excluding hydrogens is 218 g/mol. The van der Waals surface area contributed by atoms with Crippen molar-refractivity contribution in [2.75, 3.05) is 13.1 Å². The van der Waals surface area contributed by atoms with E-state index in [1.807, 2.05) is 26.0 Å². The van der Waals surface area contributed by atoms with Gasteiger partial charge in [-0.25, -0.2) is 4.79 Å². The maximum absolute atomic E-state index is 10.8. The molecule has 0 unspecified atom stereocenters. The summed E-state index contributed by atoms with van der Waals surface area (Å²) in [5.74, 6) is 0.0650. The van der Waals surface area contributed by atoms with Crippen molar-refractivity contribution in [3.63, 3.8) is 0 Å². The summed E-state index contributed by atoms with van der Waals surface area (Å²) < 4.78 is 5.27. The van der Waals surface area contributed by atoms with E-state index in [4.69, 9.17) is 9.52 Å². The van der Waals surface area contributed by atoms with Crippen molar-refractivity contribution >= 4 is 5.97 Å². The van der Waals surface area contributed by atoms with Gasteiger partial charge in [-0.15, -0.1) is 0 Å². The third-order valence-electron chi connectivity index (χ3n) is 2.66. The predicted molar refractivity (Wildman–Crippen MR) is 65.7 cm³/mol. The van der Waals surface area contributed by atoms with Crippen LogP contribution in [0.3, 0.4) is 0 Å². The van der Waals surface area contributed by atoms with Crippen molar-refractivity contribution in [3.05, 3.63) is 35.8 Å². The molecule has 1 aromatic heterocycles. The van der Waals surface area contributed by atoms with E-state index in [0.29, 0.717) is 25.1 Å². The summed E-state index contributed by atoms with van der Waals surface area (Å²) >= 11 is 0. The van der Waals surface area contributed by atoms with Crippen LogP contribution in [-0.2, 0) is 11.3 Å². The third kappa shape index (κ3) is 4.44. The fourth-order valence-corrected chi connectivity index (χ4v) is 1.55. The van der Waals surface area contributed by atoms with Crippen LogP contribution in [0.25, 0.3) is 0 Å². The number of carboxylic acid groups (broad SMARTS) is 1. The maximum atomic E-state index is 10.8. The summed E-state index contributed by atoms with van der Waals surface area (Å²) in [6.45, 7) is 6.09. The van der Waals surface area contributed by atoms with E-state index in [1.165, 1.54) is 0 Å². The Morgan fingerprint density at radius 3 is 2.76 bits per heavy atom. The number of hydrogen-bond donors (Lipinski definition) is 1. The molecule has 0 aromatic carbocycles. The second kappa shape index (κ2) is 6.91. The topological polar surface area (TPSA) is 53.7 Å². The summed E-state index contributed by atoms with van der Waals surface area (Å²) in [5, 5.41) is 8.91. The summed E-state index contributed by atoms with van der Waals surface area (Å²) in [6, 6.07) is 3.78. The van der Waals surface area contributed by atoms with Crippen LogP contribution in [0, 0.1) is 0 Å². The van der Waals surface area contributed by atoms with E-state index in [1.54, 1.807) is 12.3 Å². The van der Waals surface area contributed by atoms with Crippen LogP contribution in [0.1, 0.15) is 26.0 Å². The van der Waals surface area contributed by atoms with E-state index < -0.39 is 5.97 Å². The zero-order valence-electron chi connectivity index (χ0n) is 10.3. The highest BCUT2D eigenvalue weighted by Gasteiger charge is 2.07. The molecule has 0 aliphatic heterocycles. The van der Waals surface area contributed by atoms with Crippen LogP contribution < -0.4 is 0 Å². The zero-order valence-corrected chi connectivity index (χ0v) is 10.3. The Balaban J connectivity index is 2.55. The van der Waals surface area contributed by atoms with Crippen molar-refractivity contribution in [1.82, 2.24) is 4.90 Å². The molecule has 94 valence electrons. The van der Waals surface area contributed by atoms with Gasteiger partial charge in [0.25, 0.3) is 0 Å². The SMILES string of the molecule is CCC(=CCN(CC)Cc1ccco1)C(=O)O. The number of likely N-dealkylation sites (N-methyl/N-ethyl adjacent to an activating group) is 1. The van der Waals surface area contributed by atoms with Crippen LogP contribution in [-0.4, -0.2) is 29.1 Å². The molecular formula is C13H19NO3. The molecule has 0 spiro atoms. The largest absolute Gasteiger partial charge is 0.478 e. The van der Waals surface area contributed by atoms with Gasteiger partial charge >= 0.3 is 5.97 Å². The Labute approximate surface area is 102 Å². The van der Waals surface area contributed by atoms with Gasteiger partial charge in [-0.1, -0.05) is 19.9 Å². The number of furan rings is 1. The minimum Gasteiger partial charge on any atom is -0.478 e. The van der Waals surface area contributed by atoms with Crippen LogP contribution in [0.5, 0.6) is 0 Å². The van der Waals surface area contributed by atoms with Gasteiger partial charge in [0.1, 0.15) is 5.76 Å². The molecule has 1 heterocycles. The molecule has 1 rings (SSSR count). The van der Waals surface area contributed by atoms with Crippen molar-refractivity contribution in [3.8, 4) is 0 Å². The molecule has 1 aromatic rings. The number of carboxylic acids is 1. The number of aliphatic carboxylic acids is 1. The molecule has 0 aliphatic rings. The van der Waals surface area contributed by atoms with Gasteiger partial charge < -0.3 is 9.52 Å². The highest BCUT2D eigenvalue weighted by molar-refractivity contribution is 5.86. The zero-order chi connectivity index (χ0) is 12.7. The molecule has 0 fully saturated rings. The summed E-state index contributed by atoms with van der Waals surface area (Å²) in [5.41, 5.74) is 0.461. The average Bonchev–Trinajstić information content (AvgIpc) is 2.80. The molecule has 0 atom stereocenters. The highest BCUT2D eigenvalue weighted by Crippen LogP contribution is 2.07. The number of hydrogen-bond acceptors (Lipinski definition) is 3.